The third-order valence-corrected chi connectivity index (χ3v) is 6.53. The first-order chi connectivity index (χ1) is 9.49. The molecule has 3 rings (SSSR count). The average Bonchev–Trinajstić information content (AvgIpc) is 3.13. The molecule has 0 unspecified atom stereocenters. The van der Waals surface area contributed by atoms with E-state index in [4.69, 9.17) is 0 Å². The van der Waals surface area contributed by atoms with Crippen molar-refractivity contribution in [2.75, 3.05) is 0 Å². The molecule has 1 aromatic rings. The number of aryl methyl sites for hydroxylation is 1. The molecule has 0 amide bonds. The van der Waals surface area contributed by atoms with Crippen molar-refractivity contribution in [1.82, 2.24) is 14.5 Å². The molecule has 0 saturated heterocycles. The van der Waals surface area contributed by atoms with Crippen molar-refractivity contribution in [1.29, 1.82) is 0 Å². The van der Waals surface area contributed by atoms with E-state index < -0.39 is 10.0 Å². The molecule has 20 heavy (non-hydrogen) atoms. The lowest BCUT2D eigenvalue weighted by Gasteiger charge is -2.28. The highest BCUT2D eigenvalue weighted by molar-refractivity contribution is 7.89. The first-order valence-electron chi connectivity index (χ1n) is 7.54. The van der Waals surface area contributed by atoms with Gasteiger partial charge in [0.05, 0.1) is 6.20 Å². The molecule has 0 spiro atoms. The Kier molecular flexibility index (Phi) is 3.62. The van der Waals surface area contributed by atoms with Gasteiger partial charge in [0.1, 0.15) is 4.90 Å². The summed E-state index contributed by atoms with van der Waals surface area (Å²) in [5, 5.41) is 4.04. The summed E-state index contributed by atoms with van der Waals surface area (Å²) >= 11 is 0. The number of aromatic nitrogens is 2. The predicted molar refractivity (Wildman–Crippen MR) is 76.6 cm³/mol. The topological polar surface area (TPSA) is 64.0 Å². The molecule has 4 atom stereocenters. The van der Waals surface area contributed by atoms with Gasteiger partial charge in [-0.1, -0.05) is 6.42 Å². The Morgan fingerprint density at radius 2 is 2.25 bits per heavy atom. The van der Waals surface area contributed by atoms with Gasteiger partial charge in [0.25, 0.3) is 0 Å². The highest BCUT2D eigenvalue weighted by atomic mass is 32.2. The summed E-state index contributed by atoms with van der Waals surface area (Å²) in [6.07, 6.45) is 8.11. The van der Waals surface area contributed by atoms with Gasteiger partial charge in [-0.15, -0.1) is 0 Å². The monoisotopic (exact) mass is 297 g/mol. The van der Waals surface area contributed by atoms with Crippen LogP contribution in [0.4, 0.5) is 0 Å². The second kappa shape index (κ2) is 5.15. The van der Waals surface area contributed by atoms with Crippen LogP contribution >= 0.6 is 0 Å². The molecule has 2 saturated carbocycles. The molecule has 6 heteroatoms. The van der Waals surface area contributed by atoms with E-state index >= 15 is 0 Å². The van der Waals surface area contributed by atoms with E-state index in [1.54, 1.807) is 10.9 Å². The molecule has 2 bridgehead atoms. The Bertz CT molecular complexity index is 581. The highest BCUT2D eigenvalue weighted by Gasteiger charge is 2.42. The smallest absolute Gasteiger partial charge is 0.243 e. The fourth-order valence-electron chi connectivity index (χ4n) is 3.96. The standard InChI is InChI=1S/C14H23N3O2S/c1-3-17-9-13(8-15-17)20(18,19)16-10(2)14-7-11-4-5-12(14)6-11/h8-12,14,16H,3-7H2,1-2H3/t10-,11+,12+,14-/m1/s1. The average molecular weight is 297 g/mol. The minimum atomic E-state index is -3.44. The van der Waals surface area contributed by atoms with Crippen LogP contribution in [0.2, 0.25) is 0 Å². The fourth-order valence-corrected chi connectivity index (χ4v) is 5.21. The van der Waals surface area contributed by atoms with Gasteiger partial charge in [-0.3, -0.25) is 4.68 Å². The van der Waals surface area contributed by atoms with E-state index in [9.17, 15) is 8.42 Å². The van der Waals surface area contributed by atoms with E-state index in [-0.39, 0.29) is 10.9 Å². The van der Waals surface area contributed by atoms with Crippen molar-refractivity contribution < 1.29 is 8.42 Å². The highest BCUT2D eigenvalue weighted by Crippen LogP contribution is 2.49. The van der Waals surface area contributed by atoms with E-state index in [2.05, 4.69) is 9.82 Å². The first-order valence-corrected chi connectivity index (χ1v) is 9.02. The lowest BCUT2D eigenvalue weighted by Crippen LogP contribution is -2.39. The van der Waals surface area contributed by atoms with Crippen LogP contribution < -0.4 is 4.72 Å². The van der Waals surface area contributed by atoms with Gasteiger partial charge in [-0.2, -0.15) is 5.10 Å². The van der Waals surface area contributed by atoms with E-state index in [0.717, 1.165) is 11.8 Å². The molecule has 0 aromatic carbocycles. The van der Waals surface area contributed by atoms with Gasteiger partial charge in [0.2, 0.25) is 10.0 Å². The Morgan fingerprint density at radius 1 is 1.45 bits per heavy atom. The summed E-state index contributed by atoms with van der Waals surface area (Å²) in [5.41, 5.74) is 0. The van der Waals surface area contributed by atoms with Crippen molar-refractivity contribution in [2.24, 2.45) is 17.8 Å². The molecule has 1 heterocycles. The van der Waals surface area contributed by atoms with Gasteiger partial charge in [-0.05, 0) is 50.9 Å². The second-order valence-corrected chi connectivity index (χ2v) is 7.99. The van der Waals surface area contributed by atoms with Crippen LogP contribution in [0, 0.1) is 17.8 Å². The maximum atomic E-state index is 12.4. The van der Waals surface area contributed by atoms with E-state index in [1.807, 2.05) is 13.8 Å². The quantitative estimate of drug-likeness (QED) is 0.904. The van der Waals surface area contributed by atoms with Crippen molar-refractivity contribution in [3.8, 4) is 0 Å². The van der Waals surface area contributed by atoms with Crippen LogP contribution in [-0.2, 0) is 16.6 Å². The number of rotatable bonds is 5. The Labute approximate surface area is 120 Å². The van der Waals surface area contributed by atoms with E-state index in [1.165, 1.54) is 31.9 Å². The molecule has 2 aliphatic carbocycles. The molecule has 2 fully saturated rings. The molecule has 1 aromatic heterocycles. The van der Waals surface area contributed by atoms with Crippen molar-refractivity contribution >= 4 is 10.0 Å². The lowest BCUT2D eigenvalue weighted by atomic mass is 9.84. The van der Waals surface area contributed by atoms with Crippen molar-refractivity contribution in [3.05, 3.63) is 12.4 Å². The molecular weight excluding hydrogens is 274 g/mol. The molecule has 112 valence electrons. The van der Waals surface area contributed by atoms with Crippen molar-refractivity contribution in [3.63, 3.8) is 0 Å². The number of hydrogen-bond donors (Lipinski definition) is 1. The maximum absolute atomic E-state index is 12.4. The summed E-state index contributed by atoms with van der Waals surface area (Å²) in [4.78, 5) is 0.273. The predicted octanol–water partition coefficient (Wildman–Crippen LogP) is 2.01. The molecule has 0 aliphatic heterocycles. The summed E-state index contributed by atoms with van der Waals surface area (Å²) in [7, 11) is -3.44. The largest absolute Gasteiger partial charge is 0.272 e. The van der Waals surface area contributed by atoms with E-state index in [0.29, 0.717) is 12.5 Å². The number of nitrogens with one attached hydrogen (secondary N) is 1. The zero-order chi connectivity index (χ0) is 14.3. The zero-order valence-electron chi connectivity index (χ0n) is 12.1. The molecule has 0 radical (unpaired) electrons. The first kappa shape index (κ1) is 14.1. The van der Waals surface area contributed by atoms with Crippen LogP contribution in [0.25, 0.3) is 0 Å². The van der Waals surface area contributed by atoms with Gasteiger partial charge in [0.15, 0.2) is 0 Å². The summed E-state index contributed by atoms with van der Waals surface area (Å²) in [6, 6.07) is 0.0141. The number of hydrogen-bond acceptors (Lipinski definition) is 3. The summed E-state index contributed by atoms with van der Waals surface area (Å²) in [5.74, 6) is 2.06. The molecule has 5 nitrogen and oxygen atoms in total. The molecular formula is C14H23N3O2S. The van der Waals surface area contributed by atoms with Crippen LogP contribution in [0.5, 0.6) is 0 Å². The Balaban J connectivity index is 1.69. The second-order valence-electron chi connectivity index (χ2n) is 6.28. The van der Waals surface area contributed by atoms with Gasteiger partial charge < -0.3 is 0 Å². The van der Waals surface area contributed by atoms with Crippen LogP contribution in [0.3, 0.4) is 0 Å². The molecule has 2 aliphatic rings. The Hall–Kier alpha value is -0.880. The fraction of sp³-hybridized carbons (Fsp3) is 0.786. The molecule has 1 N–H and O–H groups in total. The lowest BCUT2D eigenvalue weighted by molar-refractivity contribution is 0.280. The number of sulfonamides is 1. The van der Waals surface area contributed by atoms with Crippen LogP contribution in [-0.4, -0.2) is 24.2 Å². The van der Waals surface area contributed by atoms with Crippen molar-refractivity contribution in [2.45, 2.75) is 57.0 Å². The number of nitrogens with zero attached hydrogens (tertiary/aromatic N) is 2. The van der Waals surface area contributed by atoms with Crippen LogP contribution in [0.1, 0.15) is 39.5 Å². The maximum Gasteiger partial charge on any atom is 0.243 e. The normalized spacial score (nSPS) is 30.8. The summed E-state index contributed by atoms with van der Waals surface area (Å²) in [6.45, 7) is 4.62. The van der Waals surface area contributed by atoms with Crippen LogP contribution in [0.15, 0.2) is 17.3 Å². The Morgan fingerprint density at radius 3 is 2.80 bits per heavy atom. The zero-order valence-corrected chi connectivity index (χ0v) is 12.9. The summed E-state index contributed by atoms with van der Waals surface area (Å²) < 4.78 is 29.2. The van der Waals surface area contributed by atoms with Gasteiger partial charge >= 0.3 is 0 Å². The SMILES string of the molecule is CCn1cc(S(=O)(=O)N[C@H](C)[C@H]2C[C@H]3CC[C@H]2C3)cn1. The van der Waals surface area contributed by atoms with Gasteiger partial charge in [-0.25, -0.2) is 13.1 Å². The minimum Gasteiger partial charge on any atom is -0.272 e. The number of fused-ring (bicyclic) bond motifs is 2. The van der Waals surface area contributed by atoms with Gasteiger partial charge in [0, 0.05) is 18.8 Å². The minimum absolute atomic E-state index is 0.0141. The third kappa shape index (κ3) is 2.51. The third-order valence-electron chi connectivity index (χ3n) is 5.02.